The number of carbonyl (C=O) groups excluding carboxylic acids is 1. The third-order valence-electron chi connectivity index (χ3n) is 1.87. The molecule has 0 saturated heterocycles. The zero-order valence-electron chi connectivity index (χ0n) is 7.97. The molecular formula is C10H9Br2ClO2. The molecule has 15 heavy (non-hydrogen) atoms. The molecule has 1 atom stereocenters. The summed E-state index contributed by atoms with van der Waals surface area (Å²) in [6.45, 7) is 0. The summed E-state index contributed by atoms with van der Waals surface area (Å²) in [4.78, 5) is 10.8. The highest BCUT2D eigenvalue weighted by Gasteiger charge is 2.17. The first-order valence-corrected chi connectivity index (χ1v) is 6.29. The molecule has 0 bridgehead atoms. The number of benzene rings is 1. The number of hydrogen-bond donors (Lipinski definition) is 0. The third-order valence-corrected chi connectivity index (χ3v) is 3.41. The Morgan fingerprint density at radius 1 is 1.60 bits per heavy atom. The number of alkyl halides is 1. The van der Waals surface area contributed by atoms with E-state index >= 15 is 0 Å². The first-order chi connectivity index (χ1) is 7.04. The van der Waals surface area contributed by atoms with Crippen LogP contribution >= 0.6 is 43.5 Å². The second kappa shape index (κ2) is 5.87. The topological polar surface area (TPSA) is 26.3 Å². The number of hydrogen-bond acceptors (Lipinski definition) is 2. The van der Waals surface area contributed by atoms with Crippen molar-refractivity contribution in [2.24, 2.45) is 0 Å². The number of methoxy groups -OCH3 is 1. The van der Waals surface area contributed by atoms with Crippen LogP contribution in [0.25, 0.3) is 0 Å². The molecular weight excluding hydrogens is 347 g/mol. The van der Waals surface area contributed by atoms with Gasteiger partial charge in [-0.15, -0.1) is 0 Å². The summed E-state index contributed by atoms with van der Waals surface area (Å²) in [6.07, 6.45) is 0.513. The Morgan fingerprint density at radius 3 is 2.80 bits per heavy atom. The number of ether oxygens (including phenoxy) is 1. The predicted molar refractivity (Wildman–Crippen MR) is 67.6 cm³/mol. The molecule has 1 aromatic carbocycles. The highest BCUT2D eigenvalue weighted by Crippen LogP contribution is 2.24. The molecule has 0 aromatic heterocycles. The van der Waals surface area contributed by atoms with Gasteiger partial charge in [-0.05, 0) is 24.1 Å². The zero-order valence-corrected chi connectivity index (χ0v) is 11.9. The first-order valence-electron chi connectivity index (χ1n) is 4.20. The molecule has 0 saturated carbocycles. The maximum atomic E-state index is 11.2. The Kier molecular flexibility index (Phi) is 5.09. The second-order valence-corrected chi connectivity index (χ2v) is 5.36. The zero-order chi connectivity index (χ0) is 11.4. The number of carbonyl (C=O) groups is 1. The van der Waals surface area contributed by atoms with Crippen molar-refractivity contribution in [2.75, 3.05) is 7.11 Å². The molecule has 1 aromatic rings. The highest BCUT2D eigenvalue weighted by molar-refractivity contribution is 9.10. The summed E-state index contributed by atoms with van der Waals surface area (Å²) in [6, 6.07) is 5.57. The van der Waals surface area contributed by atoms with Crippen molar-refractivity contribution in [1.29, 1.82) is 0 Å². The minimum absolute atomic E-state index is 0.297. The monoisotopic (exact) mass is 354 g/mol. The standard InChI is InChI=1S/C10H9Br2ClO2/c1-15-10(14)8(12)4-6-2-3-7(11)5-9(6)13/h2-3,5,8H,4H2,1H3. The fourth-order valence-electron chi connectivity index (χ4n) is 1.09. The molecule has 0 N–H and O–H groups in total. The molecule has 0 amide bonds. The van der Waals surface area contributed by atoms with Crippen LogP contribution in [0.3, 0.4) is 0 Å². The van der Waals surface area contributed by atoms with Gasteiger partial charge in [0.15, 0.2) is 0 Å². The van der Waals surface area contributed by atoms with Gasteiger partial charge in [-0.25, -0.2) is 0 Å². The Balaban J connectivity index is 2.76. The van der Waals surface area contributed by atoms with Crippen molar-refractivity contribution in [3.8, 4) is 0 Å². The lowest BCUT2D eigenvalue weighted by molar-refractivity contribution is -0.139. The lowest BCUT2D eigenvalue weighted by Gasteiger charge is -2.09. The van der Waals surface area contributed by atoms with E-state index in [9.17, 15) is 4.79 Å². The van der Waals surface area contributed by atoms with Crippen molar-refractivity contribution < 1.29 is 9.53 Å². The molecule has 0 aliphatic rings. The van der Waals surface area contributed by atoms with Crippen LogP contribution in [-0.2, 0) is 16.0 Å². The van der Waals surface area contributed by atoms with Gasteiger partial charge < -0.3 is 4.74 Å². The predicted octanol–water partition coefficient (Wildman–Crippen LogP) is 3.58. The van der Waals surface area contributed by atoms with E-state index in [-0.39, 0.29) is 10.8 Å². The minimum Gasteiger partial charge on any atom is -0.468 e. The Morgan fingerprint density at radius 2 is 2.27 bits per heavy atom. The van der Waals surface area contributed by atoms with Crippen LogP contribution in [0.15, 0.2) is 22.7 Å². The second-order valence-electron chi connectivity index (χ2n) is 2.93. The fraction of sp³-hybridized carbons (Fsp3) is 0.300. The van der Waals surface area contributed by atoms with E-state index in [4.69, 9.17) is 11.6 Å². The van der Waals surface area contributed by atoms with Gasteiger partial charge in [-0.2, -0.15) is 0 Å². The molecule has 5 heteroatoms. The van der Waals surface area contributed by atoms with Crippen LogP contribution < -0.4 is 0 Å². The van der Waals surface area contributed by atoms with Crippen molar-refractivity contribution in [3.63, 3.8) is 0 Å². The van der Waals surface area contributed by atoms with Gasteiger partial charge >= 0.3 is 5.97 Å². The Bertz CT molecular complexity index is 368. The molecule has 0 aliphatic carbocycles. The average Bonchev–Trinajstić information content (AvgIpc) is 2.20. The van der Waals surface area contributed by atoms with Crippen LogP contribution in [0.4, 0.5) is 0 Å². The van der Waals surface area contributed by atoms with Gasteiger partial charge in [0.25, 0.3) is 0 Å². The van der Waals surface area contributed by atoms with E-state index in [1.165, 1.54) is 7.11 Å². The maximum absolute atomic E-state index is 11.2. The molecule has 82 valence electrons. The molecule has 1 rings (SSSR count). The Labute approximate surface area is 110 Å². The van der Waals surface area contributed by atoms with E-state index in [0.717, 1.165) is 10.0 Å². The lowest BCUT2D eigenvalue weighted by atomic mass is 10.1. The average molecular weight is 356 g/mol. The third kappa shape index (κ3) is 3.78. The van der Waals surface area contributed by atoms with E-state index < -0.39 is 0 Å². The summed E-state index contributed by atoms with van der Waals surface area (Å²) in [5, 5.41) is 0.637. The molecule has 2 nitrogen and oxygen atoms in total. The fourth-order valence-corrected chi connectivity index (χ4v) is 2.38. The summed E-state index contributed by atoms with van der Waals surface area (Å²) >= 11 is 12.6. The van der Waals surface area contributed by atoms with E-state index in [0.29, 0.717) is 11.4 Å². The van der Waals surface area contributed by atoms with Gasteiger partial charge in [-0.3, -0.25) is 4.79 Å². The number of rotatable bonds is 3. The number of halogens is 3. The lowest BCUT2D eigenvalue weighted by Crippen LogP contribution is -2.18. The van der Waals surface area contributed by atoms with Crippen molar-refractivity contribution in [3.05, 3.63) is 33.3 Å². The van der Waals surface area contributed by atoms with Gasteiger partial charge in [0.05, 0.1) is 7.11 Å². The Hall–Kier alpha value is -0.0600. The van der Waals surface area contributed by atoms with E-state index in [1.807, 2.05) is 12.1 Å². The molecule has 0 heterocycles. The van der Waals surface area contributed by atoms with Gasteiger partial charge in [-0.1, -0.05) is 49.5 Å². The van der Waals surface area contributed by atoms with Crippen LogP contribution in [0.2, 0.25) is 5.02 Å². The molecule has 0 fully saturated rings. The van der Waals surface area contributed by atoms with Crippen LogP contribution in [0.5, 0.6) is 0 Å². The van der Waals surface area contributed by atoms with Crippen LogP contribution in [0.1, 0.15) is 5.56 Å². The van der Waals surface area contributed by atoms with Crippen LogP contribution in [-0.4, -0.2) is 17.9 Å². The van der Waals surface area contributed by atoms with Crippen molar-refractivity contribution >= 4 is 49.4 Å². The van der Waals surface area contributed by atoms with Gasteiger partial charge in [0.1, 0.15) is 4.83 Å². The summed E-state index contributed by atoms with van der Waals surface area (Å²) in [5.74, 6) is -0.297. The van der Waals surface area contributed by atoms with Gasteiger partial charge in [0, 0.05) is 9.50 Å². The number of esters is 1. The normalized spacial score (nSPS) is 12.3. The summed E-state index contributed by atoms with van der Waals surface area (Å²) < 4.78 is 5.53. The van der Waals surface area contributed by atoms with Crippen molar-refractivity contribution in [2.45, 2.75) is 11.2 Å². The highest BCUT2D eigenvalue weighted by atomic mass is 79.9. The smallest absolute Gasteiger partial charge is 0.319 e. The summed E-state index contributed by atoms with van der Waals surface area (Å²) in [5.41, 5.74) is 0.909. The largest absolute Gasteiger partial charge is 0.468 e. The summed E-state index contributed by atoms with van der Waals surface area (Å²) in [7, 11) is 1.36. The van der Waals surface area contributed by atoms with E-state index in [2.05, 4.69) is 36.6 Å². The van der Waals surface area contributed by atoms with Crippen LogP contribution in [0, 0.1) is 0 Å². The molecule has 0 spiro atoms. The van der Waals surface area contributed by atoms with Crippen molar-refractivity contribution in [1.82, 2.24) is 0 Å². The van der Waals surface area contributed by atoms with Gasteiger partial charge in [0.2, 0.25) is 0 Å². The molecule has 0 radical (unpaired) electrons. The molecule has 0 aliphatic heterocycles. The van der Waals surface area contributed by atoms with E-state index in [1.54, 1.807) is 6.07 Å². The SMILES string of the molecule is COC(=O)C(Br)Cc1ccc(Br)cc1Cl. The molecule has 1 unspecified atom stereocenters. The minimum atomic E-state index is -0.360. The maximum Gasteiger partial charge on any atom is 0.319 e. The quantitative estimate of drug-likeness (QED) is 0.611. The first kappa shape index (κ1) is 13.0.